The van der Waals surface area contributed by atoms with Crippen LogP contribution < -0.4 is 0 Å². The molecule has 0 radical (unpaired) electrons. The van der Waals surface area contributed by atoms with E-state index in [-0.39, 0.29) is 6.10 Å². The zero-order valence-corrected chi connectivity index (χ0v) is 7.95. The molecule has 0 rings (SSSR count). The minimum atomic E-state index is -4.28. The van der Waals surface area contributed by atoms with Crippen LogP contribution in [0.1, 0.15) is 33.1 Å². The molecule has 1 unspecified atom stereocenters. The molecule has 0 aliphatic heterocycles. The van der Waals surface area contributed by atoms with Gasteiger partial charge in [0.1, 0.15) is 0 Å². The zero-order chi connectivity index (χ0) is 8.91. The zero-order valence-electron chi connectivity index (χ0n) is 6.95. The Morgan fingerprint density at radius 3 is 2.09 bits per heavy atom. The quantitative estimate of drug-likeness (QED) is 0.521. The molecule has 0 aliphatic rings. The van der Waals surface area contributed by atoms with Crippen molar-refractivity contribution in [3.05, 3.63) is 0 Å². The topological polar surface area (TPSA) is 69.9 Å². The van der Waals surface area contributed by atoms with Crippen molar-refractivity contribution in [1.29, 1.82) is 0 Å². The van der Waals surface area contributed by atoms with Gasteiger partial charge in [0.05, 0.1) is 6.10 Å². The van der Waals surface area contributed by atoms with Crippen molar-refractivity contribution in [2.24, 2.45) is 0 Å². The standard InChI is InChI=1S/C6H16O4Si/c1-3-5-6(4-2)10-11(7,8)9/h6-9H,3-5H2,1-2H3. The summed E-state index contributed by atoms with van der Waals surface area (Å²) in [6, 6.07) is 0. The monoisotopic (exact) mass is 180 g/mol. The maximum Gasteiger partial charge on any atom is 0.671 e. The Hall–Kier alpha value is 0.0569. The molecule has 0 aliphatic carbocycles. The van der Waals surface area contributed by atoms with E-state index in [2.05, 4.69) is 4.43 Å². The van der Waals surface area contributed by atoms with Crippen LogP contribution in [0.2, 0.25) is 0 Å². The molecule has 0 heterocycles. The molecular formula is C6H16O4Si. The summed E-state index contributed by atoms with van der Waals surface area (Å²) < 4.78 is 4.63. The van der Waals surface area contributed by atoms with Crippen LogP contribution in [0.3, 0.4) is 0 Å². The number of rotatable bonds is 5. The summed E-state index contributed by atoms with van der Waals surface area (Å²) in [5.41, 5.74) is 0. The van der Waals surface area contributed by atoms with Crippen LogP contribution in [0.4, 0.5) is 0 Å². The Balaban J connectivity index is 3.68. The summed E-state index contributed by atoms with van der Waals surface area (Å²) in [6.07, 6.45) is 2.10. The third-order valence-corrected chi connectivity index (χ3v) is 2.04. The lowest BCUT2D eigenvalue weighted by atomic mass is 10.2. The van der Waals surface area contributed by atoms with Crippen LogP contribution in [0.15, 0.2) is 0 Å². The Morgan fingerprint density at radius 2 is 1.82 bits per heavy atom. The molecule has 0 fully saturated rings. The Morgan fingerprint density at radius 1 is 1.27 bits per heavy atom. The van der Waals surface area contributed by atoms with Gasteiger partial charge in [0.2, 0.25) is 0 Å². The van der Waals surface area contributed by atoms with Crippen molar-refractivity contribution >= 4 is 9.05 Å². The van der Waals surface area contributed by atoms with Crippen molar-refractivity contribution in [1.82, 2.24) is 0 Å². The summed E-state index contributed by atoms with van der Waals surface area (Å²) in [7, 11) is -4.28. The largest absolute Gasteiger partial charge is 0.671 e. The molecule has 3 N–H and O–H groups in total. The van der Waals surface area contributed by atoms with Gasteiger partial charge >= 0.3 is 9.05 Å². The maximum absolute atomic E-state index is 8.57. The molecule has 4 nitrogen and oxygen atoms in total. The fraction of sp³-hybridized carbons (Fsp3) is 1.00. The van der Waals surface area contributed by atoms with E-state index in [1.165, 1.54) is 0 Å². The van der Waals surface area contributed by atoms with Gasteiger partial charge in [0.15, 0.2) is 0 Å². The molecule has 5 heteroatoms. The van der Waals surface area contributed by atoms with Gasteiger partial charge in [0, 0.05) is 0 Å². The second-order valence-electron chi connectivity index (χ2n) is 2.51. The molecule has 0 bridgehead atoms. The van der Waals surface area contributed by atoms with Crippen LogP contribution in [-0.4, -0.2) is 29.5 Å². The summed E-state index contributed by atoms with van der Waals surface area (Å²) >= 11 is 0. The SMILES string of the molecule is CCCC(CC)O[Si](O)(O)O. The van der Waals surface area contributed by atoms with Gasteiger partial charge in [-0.1, -0.05) is 20.3 Å². The highest BCUT2D eigenvalue weighted by Crippen LogP contribution is 2.08. The van der Waals surface area contributed by atoms with Crippen LogP contribution in [0.25, 0.3) is 0 Å². The van der Waals surface area contributed by atoms with Gasteiger partial charge in [-0.05, 0) is 12.8 Å². The second kappa shape index (κ2) is 4.84. The van der Waals surface area contributed by atoms with E-state index in [4.69, 9.17) is 14.4 Å². The average molecular weight is 180 g/mol. The third kappa shape index (κ3) is 6.45. The predicted octanol–water partition coefficient (Wildman–Crippen LogP) is -0.00580. The van der Waals surface area contributed by atoms with Crippen molar-refractivity contribution in [2.75, 3.05) is 0 Å². The summed E-state index contributed by atoms with van der Waals surface area (Å²) in [5.74, 6) is 0. The van der Waals surface area contributed by atoms with E-state index < -0.39 is 9.05 Å². The summed E-state index contributed by atoms with van der Waals surface area (Å²) in [5, 5.41) is 0. The first-order chi connectivity index (χ1) is 4.99. The molecule has 0 saturated heterocycles. The van der Waals surface area contributed by atoms with E-state index in [1.807, 2.05) is 13.8 Å². The maximum atomic E-state index is 8.57. The molecular weight excluding hydrogens is 164 g/mol. The van der Waals surface area contributed by atoms with Gasteiger partial charge in [-0.2, -0.15) is 0 Å². The average Bonchev–Trinajstić information content (AvgIpc) is 1.84. The van der Waals surface area contributed by atoms with Crippen LogP contribution >= 0.6 is 0 Å². The highest BCUT2D eigenvalue weighted by Gasteiger charge is 2.33. The molecule has 0 saturated carbocycles. The highest BCUT2D eigenvalue weighted by atomic mass is 28.4. The number of hydrogen-bond donors (Lipinski definition) is 3. The molecule has 0 aromatic carbocycles. The summed E-state index contributed by atoms with van der Waals surface area (Å²) in [4.78, 5) is 25.7. The first-order valence-electron chi connectivity index (χ1n) is 3.84. The molecule has 0 aromatic heterocycles. The predicted molar refractivity (Wildman–Crippen MR) is 42.5 cm³/mol. The minimum absolute atomic E-state index is 0.230. The molecule has 11 heavy (non-hydrogen) atoms. The minimum Gasteiger partial charge on any atom is -0.368 e. The highest BCUT2D eigenvalue weighted by molar-refractivity contribution is 6.48. The van der Waals surface area contributed by atoms with E-state index >= 15 is 0 Å². The van der Waals surface area contributed by atoms with Gasteiger partial charge in [-0.25, -0.2) is 0 Å². The van der Waals surface area contributed by atoms with Gasteiger partial charge in [0.25, 0.3) is 0 Å². The molecule has 1 atom stereocenters. The normalized spacial score (nSPS) is 15.0. The molecule has 0 spiro atoms. The van der Waals surface area contributed by atoms with Crippen LogP contribution in [-0.2, 0) is 4.43 Å². The fourth-order valence-corrected chi connectivity index (χ4v) is 1.62. The fourth-order valence-electron chi connectivity index (χ4n) is 0.892. The van der Waals surface area contributed by atoms with E-state index in [1.54, 1.807) is 0 Å². The summed E-state index contributed by atoms with van der Waals surface area (Å²) in [6.45, 7) is 3.85. The van der Waals surface area contributed by atoms with E-state index in [0.717, 1.165) is 12.8 Å². The lowest BCUT2D eigenvalue weighted by Crippen LogP contribution is -2.42. The lowest BCUT2D eigenvalue weighted by molar-refractivity contribution is 0.0180. The molecule has 0 amide bonds. The van der Waals surface area contributed by atoms with Crippen molar-refractivity contribution in [2.45, 2.75) is 39.2 Å². The lowest BCUT2D eigenvalue weighted by Gasteiger charge is -2.18. The van der Waals surface area contributed by atoms with Crippen molar-refractivity contribution in [3.8, 4) is 0 Å². The van der Waals surface area contributed by atoms with Crippen LogP contribution in [0.5, 0.6) is 0 Å². The number of hydrogen-bond acceptors (Lipinski definition) is 4. The van der Waals surface area contributed by atoms with Crippen molar-refractivity contribution < 1.29 is 18.8 Å². The Bertz CT molecular complexity index is 101. The van der Waals surface area contributed by atoms with Crippen molar-refractivity contribution in [3.63, 3.8) is 0 Å². The first-order valence-corrected chi connectivity index (χ1v) is 5.59. The van der Waals surface area contributed by atoms with Gasteiger partial charge in [-0.15, -0.1) is 0 Å². The molecule has 0 aromatic rings. The van der Waals surface area contributed by atoms with Crippen LogP contribution in [0, 0.1) is 0 Å². The third-order valence-electron chi connectivity index (χ3n) is 1.39. The van der Waals surface area contributed by atoms with E-state index in [9.17, 15) is 0 Å². The Kier molecular flexibility index (Phi) is 4.86. The van der Waals surface area contributed by atoms with E-state index in [0.29, 0.717) is 6.42 Å². The second-order valence-corrected chi connectivity index (χ2v) is 3.89. The van der Waals surface area contributed by atoms with Gasteiger partial charge in [-0.3, -0.25) is 0 Å². The Labute approximate surface area is 67.9 Å². The van der Waals surface area contributed by atoms with Gasteiger partial charge < -0.3 is 18.8 Å². The smallest absolute Gasteiger partial charge is 0.368 e. The first kappa shape index (κ1) is 11.1. The molecule has 68 valence electrons.